The smallest absolute Gasteiger partial charge is 0.175 e. The SMILES string of the molecule is C=C(CCC1CCCCC1)/C(=C\C)Nc1cc(S(C)(=O)=O)ccc1C. The number of sulfone groups is 1. The van der Waals surface area contributed by atoms with Gasteiger partial charge in [-0.05, 0) is 55.9 Å². The van der Waals surface area contributed by atoms with E-state index in [1.54, 1.807) is 12.1 Å². The van der Waals surface area contributed by atoms with Crippen LogP contribution in [0.1, 0.15) is 57.4 Å². The quantitative estimate of drug-likeness (QED) is 0.640. The van der Waals surface area contributed by atoms with Crippen molar-refractivity contribution in [2.45, 2.75) is 63.7 Å². The minimum Gasteiger partial charge on any atom is -0.355 e. The second-order valence-corrected chi connectivity index (χ2v) is 9.24. The molecule has 1 aliphatic rings. The zero-order valence-electron chi connectivity index (χ0n) is 15.8. The molecule has 0 atom stereocenters. The molecule has 0 spiro atoms. The maximum Gasteiger partial charge on any atom is 0.175 e. The van der Waals surface area contributed by atoms with Crippen LogP contribution in [-0.2, 0) is 9.84 Å². The molecule has 1 aliphatic carbocycles. The zero-order valence-corrected chi connectivity index (χ0v) is 16.6. The lowest BCUT2D eigenvalue weighted by molar-refractivity contribution is 0.339. The number of rotatable bonds is 7. The van der Waals surface area contributed by atoms with Crippen LogP contribution in [0.2, 0.25) is 0 Å². The van der Waals surface area contributed by atoms with Gasteiger partial charge in [0.25, 0.3) is 0 Å². The van der Waals surface area contributed by atoms with E-state index in [0.717, 1.165) is 34.9 Å². The highest BCUT2D eigenvalue weighted by Gasteiger charge is 2.15. The van der Waals surface area contributed by atoms with Gasteiger partial charge < -0.3 is 5.32 Å². The Balaban J connectivity index is 2.05. The fourth-order valence-corrected chi connectivity index (χ4v) is 4.11. The van der Waals surface area contributed by atoms with Gasteiger partial charge in [-0.15, -0.1) is 0 Å². The summed E-state index contributed by atoms with van der Waals surface area (Å²) in [5.74, 6) is 0.832. The van der Waals surface area contributed by atoms with Gasteiger partial charge in [0.1, 0.15) is 0 Å². The molecule has 0 saturated heterocycles. The summed E-state index contributed by atoms with van der Waals surface area (Å²) in [5.41, 5.74) is 3.93. The van der Waals surface area contributed by atoms with Crippen LogP contribution in [0.15, 0.2) is 47.0 Å². The van der Waals surface area contributed by atoms with Crippen molar-refractivity contribution in [1.29, 1.82) is 0 Å². The summed E-state index contributed by atoms with van der Waals surface area (Å²) >= 11 is 0. The average Bonchev–Trinajstić information content (AvgIpc) is 2.58. The van der Waals surface area contributed by atoms with Crippen molar-refractivity contribution in [3.63, 3.8) is 0 Å². The van der Waals surface area contributed by atoms with Gasteiger partial charge in [-0.3, -0.25) is 0 Å². The van der Waals surface area contributed by atoms with Crippen LogP contribution in [-0.4, -0.2) is 14.7 Å². The van der Waals surface area contributed by atoms with E-state index in [1.165, 1.54) is 44.8 Å². The molecule has 138 valence electrons. The molecule has 1 saturated carbocycles. The van der Waals surface area contributed by atoms with Gasteiger partial charge in [-0.25, -0.2) is 8.42 Å². The topological polar surface area (TPSA) is 46.2 Å². The number of hydrogen-bond acceptors (Lipinski definition) is 3. The predicted molar refractivity (Wildman–Crippen MR) is 107 cm³/mol. The second-order valence-electron chi connectivity index (χ2n) is 7.22. The van der Waals surface area contributed by atoms with Crippen LogP contribution in [0.25, 0.3) is 0 Å². The number of anilines is 1. The van der Waals surface area contributed by atoms with Crippen LogP contribution >= 0.6 is 0 Å². The zero-order chi connectivity index (χ0) is 18.4. The maximum absolute atomic E-state index is 11.8. The lowest BCUT2D eigenvalue weighted by atomic mass is 9.85. The first-order chi connectivity index (χ1) is 11.8. The van der Waals surface area contributed by atoms with Gasteiger partial charge in [0.15, 0.2) is 9.84 Å². The van der Waals surface area contributed by atoms with E-state index >= 15 is 0 Å². The minimum absolute atomic E-state index is 0.337. The van der Waals surface area contributed by atoms with E-state index in [4.69, 9.17) is 0 Å². The molecule has 2 rings (SSSR count). The Labute approximate surface area is 153 Å². The summed E-state index contributed by atoms with van der Waals surface area (Å²) in [6, 6.07) is 5.21. The molecule has 0 unspecified atom stereocenters. The van der Waals surface area contributed by atoms with Crippen LogP contribution in [0, 0.1) is 12.8 Å². The summed E-state index contributed by atoms with van der Waals surface area (Å²) in [6.45, 7) is 8.23. The Kier molecular flexibility index (Phi) is 6.88. The van der Waals surface area contributed by atoms with Crippen LogP contribution in [0.3, 0.4) is 0 Å². The molecule has 0 amide bonds. The van der Waals surface area contributed by atoms with Gasteiger partial charge in [0, 0.05) is 17.6 Å². The van der Waals surface area contributed by atoms with Gasteiger partial charge in [0.05, 0.1) is 4.90 Å². The first-order valence-electron chi connectivity index (χ1n) is 9.23. The van der Waals surface area contributed by atoms with E-state index in [1.807, 2.05) is 26.0 Å². The largest absolute Gasteiger partial charge is 0.355 e. The third-order valence-corrected chi connectivity index (χ3v) is 6.27. The average molecular weight is 362 g/mol. The molecule has 1 aromatic rings. The summed E-state index contributed by atoms with van der Waals surface area (Å²) < 4.78 is 23.6. The van der Waals surface area contributed by atoms with Crippen molar-refractivity contribution in [3.05, 3.63) is 47.7 Å². The van der Waals surface area contributed by atoms with Gasteiger partial charge in [-0.2, -0.15) is 0 Å². The third-order valence-electron chi connectivity index (χ3n) is 5.16. The van der Waals surface area contributed by atoms with Crippen molar-refractivity contribution in [1.82, 2.24) is 0 Å². The summed E-state index contributed by atoms with van der Waals surface area (Å²) in [6.07, 6.45) is 12.3. The Bertz CT molecular complexity index is 741. The van der Waals surface area contributed by atoms with Gasteiger partial charge in [0.2, 0.25) is 0 Å². The molecule has 25 heavy (non-hydrogen) atoms. The number of aryl methyl sites for hydroxylation is 1. The number of benzene rings is 1. The first-order valence-corrected chi connectivity index (χ1v) is 11.1. The van der Waals surface area contributed by atoms with Crippen molar-refractivity contribution in [2.75, 3.05) is 11.6 Å². The molecule has 0 aromatic heterocycles. The molecule has 3 nitrogen and oxygen atoms in total. The minimum atomic E-state index is -3.21. The van der Waals surface area contributed by atoms with Crippen molar-refractivity contribution in [3.8, 4) is 0 Å². The van der Waals surface area contributed by atoms with E-state index in [2.05, 4.69) is 11.9 Å². The molecule has 4 heteroatoms. The Hall–Kier alpha value is -1.55. The molecular formula is C21H31NO2S. The lowest BCUT2D eigenvalue weighted by Crippen LogP contribution is -2.09. The van der Waals surface area contributed by atoms with Crippen molar-refractivity contribution < 1.29 is 8.42 Å². The number of nitrogens with one attached hydrogen (secondary N) is 1. The standard InChI is InChI=1S/C21H31NO2S/c1-5-20(16(2)11-13-18-9-7-6-8-10-18)22-21-15-19(25(4,23)24)14-12-17(21)3/h5,12,14-15,18,22H,2,6-11,13H2,1,3-4H3/b20-5+. The van der Waals surface area contributed by atoms with Gasteiger partial charge >= 0.3 is 0 Å². The van der Waals surface area contributed by atoms with Crippen LogP contribution < -0.4 is 5.32 Å². The van der Waals surface area contributed by atoms with E-state index in [9.17, 15) is 8.42 Å². The van der Waals surface area contributed by atoms with Crippen molar-refractivity contribution >= 4 is 15.5 Å². The first kappa shape index (κ1) is 19.8. The summed E-state index contributed by atoms with van der Waals surface area (Å²) in [7, 11) is -3.21. The predicted octanol–water partition coefficient (Wildman–Crippen LogP) is 5.63. The molecule has 0 heterocycles. The molecule has 0 radical (unpaired) electrons. The van der Waals surface area contributed by atoms with Crippen LogP contribution in [0.5, 0.6) is 0 Å². The van der Waals surface area contributed by atoms with E-state index < -0.39 is 9.84 Å². The van der Waals surface area contributed by atoms with Gasteiger partial charge in [-0.1, -0.05) is 50.8 Å². The maximum atomic E-state index is 11.8. The molecule has 1 fully saturated rings. The van der Waals surface area contributed by atoms with Crippen molar-refractivity contribution in [2.24, 2.45) is 5.92 Å². The highest BCUT2D eigenvalue weighted by Crippen LogP contribution is 2.30. The van der Waals surface area contributed by atoms with E-state index in [-0.39, 0.29) is 0 Å². The highest BCUT2D eigenvalue weighted by molar-refractivity contribution is 7.90. The molecule has 1 N–H and O–H groups in total. The second kappa shape index (κ2) is 8.70. The molecule has 1 aromatic carbocycles. The summed E-state index contributed by atoms with van der Waals surface area (Å²) in [4.78, 5) is 0.337. The molecular weight excluding hydrogens is 330 g/mol. The monoisotopic (exact) mass is 361 g/mol. The van der Waals surface area contributed by atoms with E-state index in [0.29, 0.717) is 4.90 Å². The Morgan fingerprint density at radius 1 is 1.28 bits per heavy atom. The number of hydrogen-bond donors (Lipinski definition) is 1. The normalized spacial score (nSPS) is 16.7. The van der Waals surface area contributed by atoms with Crippen LogP contribution in [0.4, 0.5) is 5.69 Å². The number of allylic oxidation sites excluding steroid dienone is 2. The molecule has 0 aliphatic heterocycles. The highest BCUT2D eigenvalue weighted by atomic mass is 32.2. The Morgan fingerprint density at radius 3 is 2.56 bits per heavy atom. The lowest BCUT2D eigenvalue weighted by Gasteiger charge is -2.22. The third kappa shape index (κ3) is 5.74. The fraction of sp³-hybridized carbons (Fsp3) is 0.524. The molecule has 0 bridgehead atoms. The summed E-state index contributed by atoms with van der Waals surface area (Å²) in [5, 5.41) is 3.39. The fourth-order valence-electron chi connectivity index (χ4n) is 3.47. The Morgan fingerprint density at radius 2 is 1.96 bits per heavy atom.